The Morgan fingerprint density at radius 2 is 2.00 bits per heavy atom. The summed E-state index contributed by atoms with van der Waals surface area (Å²) < 4.78 is 38.6. The van der Waals surface area contributed by atoms with Gasteiger partial charge < -0.3 is 25.2 Å². The van der Waals surface area contributed by atoms with Crippen LogP contribution in [-0.2, 0) is 29.2 Å². The Bertz CT molecular complexity index is 1090. The molecule has 4 atom stereocenters. The average Bonchev–Trinajstić information content (AvgIpc) is 3.10. The van der Waals surface area contributed by atoms with Crippen molar-refractivity contribution in [2.24, 2.45) is 10.8 Å². The van der Waals surface area contributed by atoms with E-state index in [1.165, 1.54) is 13.1 Å². The van der Waals surface area contributed by atoms with E-state index in [2.05, 4.69) is 18.9 Å². The molecular formula is C15H26N6O10P2. The lowest BCUT2D eigenvalue weighted by Gasteiger charge is -2.19. The van der Waals surface area contributed by atoms with Crippen LogP contribution in [0.4, 0.5) is 0 Å². The fourth-order valence-electron chi connectivity index (χ4n) is 3.30. The molecular weight excluding hydrogens is 486 g/mol. The van der Waals surface area contributed by atoms with E-state index in [9.17, 15) is 23.6 Å². The molecule has 0 saturated carbocycles. The van der Waals surface area contributed by atoms with Crippen molar-refractivity contribution in [2.45, 2.75) is 57.5 Å². The maximum Gasteiger partial charge on any atom is 0.481 e. The van der Waals surface area contributed by atoms with Gasteiger partial charge in [-0.25, -0.2) is 13.9 Å². The van der Waals surface area contributed by atoms with Crippen LogP contribution in [0, 0.1) is 6.92 Å². The first-order chi connectivity index (χ1) is 15.4. The van der Waals surface area contributed by atoms with E-state index in [0.29, 0.717) is 13.0 Å². The number of nitrogens with two attached hydrogens (primary N) is 1. The van der Waals surface area contributed by atoms with E-state index < -0.39 is 51.9 Å². The lowest BCUT2D eigenvalue weighted by molar-refractivity contribution is -0.0273. The van der Waals surface area contributed by atoms with Crippen molar-refractivity contribution in [1.82, 2.24) is 9.13 Å². The van der Waals surface area contributed by atoms with E-state index in [0.717, 1.165) is 22.0 Å². The van der Waals surface area contributed by atoms with Gasteiger partial charge in [0.15, 0.2) is 0 Å². The fourth-order valence-corrected chi connectivity index (χ4v) is 4.90. The van der Waals surface area contributed by atoms with Gasteiger partial charge in [0.2, 0.25) is 0 Å². The van der Waals surface area contributed by atoms with E-state index >= 15 is 0 Å². The normalized spacial score (nSPS) is 22.6. The first kappa shape index (κ1) is 27.4. The second-order valence-corrected chi connectivity index (χ2v) is 10.1. The Kier molecular flexibility index (Phi) is 9.58. The third-order valence-corrected chi connectivity index (χ3v) is 6.93. The van der Waals surface area contributed by atoms with Crippen LogP contribution in [0.25, 0.3) is 10.4 Å². The quantitative estimate of drug-likeness (QED) is 0.0995. The first-order valence-electron chi connectivity index (χ1n) is 9.85. The molecule has 0 spiro atoms. The number of azide groups is 1. The molecule has 0 aromatic carbocycles. The second-order valence-electron chi connectivity index (χ2n) is 7.28. The summed E-state index contributed by atoms with van der Waals surface area (Å²) >= 11 is 0. The Morgan fingerprint density at radius 1 is 1.30 bits per heavy atom. The summed E-state index contributed by atoms with van der Waals surface area (Å²) in [6, 6.07) is -0.952. The molecule has 18 heteroatoms. The minimum Gasteiger partial charge on any atom is -0.352 e. The highest BCUT2D eigenvalue weighted by molar-refractivity contribution is 7.60. The molecule has 0 aliphatic carbocycles. The second kappa shape index (κ2) is 11.5. The summed E-state index contributed by atoms with van der Waals surface area (Å²) in [5.41, 5.74) is 13.4. The van der Waals surface area contributed by atoms with Gasteiger partial charge in [-0.3, -0.25) is 18.5 Å². The molecule has 1 aliphatic rings. The number of aryl methyl sites for hydroxylation is 1. The zero-order valence-corrected chi connectivity index (χ0v) is 19.5. The Labute approximate surface area is 187 Å². The summed E-state index contributed by atoms with van der Waals surface area (Å²) in [5, 5.41) is 3.53. The van der Waals surface area contributed by atoms with Crippen LogP contribution in [0.1, 0.15) is 37.5 Å². The summed E-state index contributed by atoms with van der Waals surface area (Å²) in [5.74, 6) is 0. The number of unbranched alkanes of at least 4 members (excludes halogenated alkanes) is 2. The number of phosphoric ester groups is 1. The van der Waals surface area contributed by atoms with Gasteiger partial charge in [0, 0.05) is 29.6 Å². The van der Waals surface area contributed by atoms with Crippen molar-refractivity contribution in [2.75, 3.05) is 13.2 Å². The molecule has 0 amide bonds. The van der Waals surface area contributed by atoms with Gasteiger partial charge >= 0.3 is 21.3 Å². The predicted octanol–water partition coefficient (Wildman–Crippen LogP) is 0.640. The Hall–Kier alpha value is -1.83. The standard InChI is InChI=1S/C15H26N6O10P2/c1-10-8-21(15(23)20(14(10)22)6-4-2-3-5-16)13-7-11(18-19-17)12(30-13)9-29-33(27,28)31-32(24,25)26/h8,11-13H,2-7,9,16H2,1H3,(H,27,28)(H2,24,25,26)/t11-,12+,13+/m0/s1. The molecule has 5 N–H and O–H groups in total. The predicted molar refractivity (Wildman–Crippen MR) is 113 cm³/mol. The average molecular weight is 512 g/mol. The van der Waals surface area contributed by atoms with Crippen molar-refractivity contribution in [3.8, 4) is 0 Å². The molecule has 1 unspecified atom stereocenters. The third kappa shape index (κ3) is 7.87. The molecule has 1 aromatic rings. The number of hydrogen-bond donors (Lipinski definition) is 4. The third-order valence-electron chi connectivity index (χ3n) is 4.78. The Balaban J connectivity index is 2.24. The SMILES string of the molecule is Cc1cn([C@H]2C[C@H](N=[N+]=[N-])[C@@H](COP(=O)(O)OP(=O)(O)O)O2)c(=O)n(CCCCCN)c1=O. The lowest BCUT2D eigenvalue weighted by Crippen LogP contribution is -2.42. The van der Waals surface area contributed by atoms with Gasteiger partial charge in [0.25, 0.3) is 5.56 Å². The lowest BCUT2D eigenvalue weighted by atomic mass is 10.1. The van der Waals surface area contributed by atoms with Gasteiger partial charge in [-0.2, -0.15) is 4.31 Å². The van der Waals surface area contributed by atoms with Gasteiger partial charge in [-0.05, 0) is 31.8 Å². The van der Waals surface area contributed by atoms with Gasteiger partial charge in [0.05, 0.1) is 18.8 Å². The number of hydrogen-bond acceptors (Lipinski definition) is 9. The molecule has 0 bridgehead atoms. The molecule has 1 aliphatic heterocycles. The van der Waals surface area contributed by atoms with Crippen molar-refractivity contribution in [3.05, 3.63) is 43.0 Å². The van der Waals surface area contributed by atoms with Crippen LogP contribution >= 0.6 is 15.6 Å². The van der Waals surface area contributed by atoms with Crippen LogP contribution in [0.3, 0.4) is 0 Å². The molecule has 186 valence electrons. The number of phosphoric acid groups is 2. The van der Waals surface area contributed by atoms with E-state index in [-0.39, 0.29) is 18.5 Å². The molecule has 33 heavy (non-hydrogen) atoms. The van der Waals surface area contributed by atoms with Crippen molar-refractivity contribution in [3.63, 3.8) is 0 Å². The molecule has 1 aromatic heterocycles. The van der Waals surface area contributed by atoms with Gasteiger partial charge in [-0.1, -0.05) is 11.5 Å². The number of aromatic nitrogens is 2. The van der Waals surface area contributed by atoms with E-state index in [4.69, 9.17) is 25.8 Å². The van der Waals surface area contributed by atoms with E-state index in [1.54, 1.807) is 0 Å². The van der Waals surface area contributed by atoms with Crippen molar-refractivity contribution in [1.29, 1.82) is 0 Å². The molecule has 1 fully saturated rings. The molecule has 2 rings (SSSR count). The zero-order chi connectivity index (χ0) is 24.8. The maximum absolute atomic E-state index is 12.9. The minimum absolute atomic E-state index is 0.0299. The van der Waals surface area contributed by atoms with Crippen LogP contribution < -0.4 is 17.0 Å². The van der Waals surface area contributed by atoms with E-state index in [1.807, 2.05) is 0 Å². The minimum atomic E-state index is -5.32. The summed E-state index contributed by atoms with van der Waals surface area (Å²) in [7, 11) is -10.5. The van der Waals surface area contributed by atoms with Crippen molar-refractivity contribution >= 4 is 15.6 Å². The first-order valence-corrected chi connectivity index (χ1v) is 12.9. The van der Waals surface area contributed by atoms with Crippen molar-refractivity contribution < 1.29 is 37.4 Å². The molecule has 1 saturated heterocycles. The number of nitrogens with zero attached hydrogens (tertiary/aromatic N) is 5. The van der Waals surface area contributed by atoms with Crippen LogP contribution in [0.15, 0.2) is 20.9 Å². The summed E-state index contributed by atoms with van der Waals surface area (Å²) in [6.45, 7) is 1.45. The molecule has 2 heterocycles. The van der Waals surface area contributed by atoms with Crippen LogP contribution in [0.2, 0.25) is 0 Å². The monoisotopic (exact) mass is 512 g/mol. The summed E-state index contributed by atoms with van der Waals surface area (Å²) in [4.78, 5) is 54.8. The van der Waals surface area contributed by atoms with Crippen LogP contribution in [0.5, 0.6) is 0 Å². The fraction of sp³-hybridized carbons (Fsp3) is 0.733. The molecule has 16 nitrogen and oxygen atoms in total. The Morgan fingerprint density at radius 3 is 2.61 bits per heavy atom. The largest absolute Gasteiger partial charge is 0.481 e. The highest BCUT2D eigenvalue weighted by atomic mass is 31.3. The van der Waals surface area contributed by atoms with Gasteiger partial charge in [-0.15, -0.1) is 0 Å². The highest BCUT2D eigenvalue weighted by Crippen LogP contribution is 2.57. The summed E-state index contributed by atoms with van der Waals surface area (Å²) in [6.07, 6.45) is 1.15. The highest BCUT2D eigenvalue weighted by Gasteiger charge is 2.40. The van der Waals surface area contributed by atoms with Gasteiger partial charge in [0.1, 0.15) is 6.23 Å². The number of rotatable bonds is 12. The maximum atomic E-state index is 12.9. The molecule has 0 radical (unpaired) electrons. The smallest absolute Gasteiger partial charge is 0.352 e. The van der Waals surface area contributed by atoms with Crippen LogP contribution in [-0.4, -0.2) is 49.1 Å². The topological polar surface area (TPSA) is 241 Å². The zero-order valence-electron chi connectivity index (χ0n) is 17.7. The number of ether oxygens (including phenoxy) is 1.